The molecule has 0 radical (unpaired) electrons. The number of benzene rings is 1. The summed E-state index contributed by atoms with van der Waals surface area (Å²) in [5.41, 5.74) is -0.899. The van der Waals surface area contributed by atoms with E-state index >= 15 is 0 Å². The molecule has 1 aromatic carbocycles. The van der Waals surface area contributed by atoms with Gasteiger partial charge in [-0.25, -0.2) is 0 Å². The number of alkyl halides is 3. The molecule has 1 aliphatic carbocycles. The maximum atomic E-state index is 12.2. The van der Waals surface area contributed by atoms with Crippen molar-refractivity contribution in [2.75, 3.05) is 19.8 Å². The molecule has 24 heavy (non-hydrogen) atoms. The van der Waals surface area contributed by atoms with Gasteiger partial charge in [-0.2, -0.15) is 13.2 Å². The highest BCUT2D eigenvalue weighted by molar-refractivity contribution is 5.81. The second-order valence-electron chi connectivity index (χ2n) is 5.50. The van der Waals surface area contributed by atoms with Crippen molar-refractivity contribution in [2.24, 2.45) is 5.41 Å². The average Bonchev–Trinajstić information content (AvgIpc) is 3.30. The van der Waals surface area contributed by atoms with Crippen LogP contribution in [-0.2, 0) is 9.59 Å². The fraction of sp³-hybridized carbons (Fsp3) is 0.467. The summed E-state index contributed by atoms with van der Waals surface area (Å²) in [7, 11) is 0. The molecular formula is C15H16F3NO5. The Morgan fingerprint density at radius 3 is 2.25 bits per heavy atom. The smallest absolute Gasteiger partial charge is 0.422 e. The van der Waals surface area contributed by atoms with E-state index in [-0.39, 0.29) is 18.0 Å². The van der Waals surface area contributed by atoms with Crippen molar-refractivity contribution >= 4 is 11.9 Å². The SMILES string of the molecule is O=C(COc1ccccc1OCC(F)(F)F)NCC1(C(=O)O)CC1. The third kappa shape index (κ3) is 5.04. The average molecular weight is 347 g/mol. The van der Waals surface area contributed by atoms with Crippen LogP contribution in [0.4, 0.5) is 13.2 Å². The zero-order valence-electron chi connectivity index (χ0n) is 12.6. The third-order valence-electron chi connectivity index (χ3n) is 3.53. The first-order valence-electron chi connectivity index (χ1n) is 7.13. The number of carboxylic acid groups (broad SMARTS) is 1. The molecule has 0 aliphatic heterocycles. The van der Waals surface area contributed by atoms with Gasteiger partial charge in [-0.3, -0.25) is 9.59 Å². The largest absolute Gasteiger partial charge is 0.481 e. The summed E-state index contributed by atoms with van der Waals surface area (Å²) in [6, 6.07) is 5.67. The van der Waals surface area contributed by atoms with Crippen molar-refractivity contribution in [2.45, 2.75) is 19.0 Å². The number of hydrogen-bond donors (Lipinski definition) is 2. The summed E-state index contributed by atoms with van der Waals surface area (Å²) < 4.78 is 46.4. The van der Waals surface area contributed by atoms with Crippen LogP contribution in [0.3, 0.4) is 0 Å². The van der Waals surface area contributed by atoms with E-state index in [1.54, 1.807) is 0 Å². The van der Waals surface area contributed by atoms with Crippen molar-refractivity contribution in [1.82, 2.24) is 5.32 Å². The highest BCUT2D eigenvalue weighted by atomic mass is 19.4. The highest BCUT2D eigenvalue weighted by Gasteiger charge is 2.50. The molecule has 2 N–H and O–H groups in total. The number of amides is 1. The second-order valence-corrected chi connectivity index (χ2v) is 5.50. The van der Waals surface area contributed by atoms with E-state index in [1.807, 2.05) is 0 Å². The number of ether oxygens (including phenoxy) is 2. The number of rotatable bonds is 8. The van der Waals surface area contributed by atoms with E-state index in [1.165, 1.54) is 24.3 Å². The van der Waals surface area contributed by atoms with Crippen LogP contribution in [0.1, 0.15) is 12.8 Å². The van der Waals surface area contributed by atoms with Crippen molar-refractivity contribution in [1.29, 1.82) is 0 Å². The lowest BCUT2D eigenvalue weighted by Crippen LogP contribution is -2.36. The monoisotopic (exact) mass is 347 g/mol. The van der Waals surface area contributed by atoms with Crippen LogP contribution >= 0.6 is 0 Å². The Kier molecular flexibility index (Phi) is 5.20. The van der Waals surface area contributed by atoms with Gasteiger partial charge in [-0.05, 0) is 25.0 Å². The van der Waals surface area contributed by atoms with Crippen LogP contribution in [0.2, 0.25) is 0 Å². The van der Waals surface area contributed by atoms with E-state index in [0.29, 0.717) is 12.8 Å². The predicted molar refractivity (Wildman–Crippen MR) is 75.8 cm³/mol. The molecule has 132 valence electrons. The minimum atomic E-state index is -4.49. The van der Waals surface area contributed by atoms with Crippen LogP contribution in [-0.4, -0.2) is 42.9 Å². The summed E-state index contributed by atoms with van der Waals surface area (Å²) >= 11 is 0. The number of aliphatic carboxylic acids is 1. The molecule has 9 heteroatoms. The molecule has 6 nitrogen and oxygen atoms in total. The fourth-order valence-corrected chi connectivity index (χ4v) is 1.93. The number of carbonyl (C=O) groups excluding carboxylic acids is 1. The summed E-state index contributed by atoms with van der Waals surface area (Å²) in [6.45, 7) is -1.93. The summed E-state index contributed by atoms with van der Waals surface area (Å²) in [5.74, 6) is -1.66. The van der Waals surface area contributed by atoms with Crippen molar-refractivity contribution in [3.63, 3.8) is 0 Å². The first-order chi connectivity index (χ1) is 11.2. The molecule has 1 aromatic rings. The second kappa shape index (κ2) is 6.98. The predicted octanol–water partition coefficient (Wildman–Crippen LogP) is 1.99. The zero-order valence-corrected chi connectivity index (χ0v) is 12.6. The van der Waals surface area contributed by atoms with E-state index in [4.69, 9.17) is 9.84 Å². The van der Waals surface area contributed by atoms with Gasteiger partial charge in [0.25, 0.3) is 5.91 Å². The van der Waals surface area contributed by atoms with Crippen LogP contribution in [0, 0.1) is 5.41 Å². The summed E-state index contributed by atoms with van der Waals surface area (Å²) in [6.07, 6.45) is -3.49. The molecule has 0 unspecified atom stereocenters. The summed E-state index contributed by atoms with van der Waals surface area (Å²) in [4.78, 5) is 22.7. The Balaban J connectivity index is 1.83. The van der Waals surface area contributed by atoms with Crippen LogP contribution < -0.4 is 14.8 Å². The quantitative estimate of drug-likeness (QED) is 0.751. The number of halogens is 3. The van der Waals surface area contributed by atoms with Gasteiger partial charge >= 0.3 is 12.1 Å². The minimum absolute atomic E-state index is 0.00323. The molecular weight excluding hydrogens is 331 g/mol. The van der Waals surface area contributed by atoms with E-state index in [0.717, 1.165) is 0 Å². The molecule has 0 heterocycles. The molecule has 1 amide bonds. The molecule has 0 spiro atoms. The first kappa shape index (κ1) is 17.9. The van der Waals surface area contributed by atoms with E-state index in [2.05, 4.69) is 10.1 Å². The Bertz CT molecular complexity index is 613. The molecule has 0 atom stereocenters. The maximum Gasteiger partial charge on any atom is 0.422 e. The fourth-order valence-electron chi connectivity index (χ4n) is 1.93. The molecule has 1 saturated carbocycles. The zero-order chi connectivity index (χ0) is 17.8. The minimum Gasteiger partial charge on any atom is -0.481 e. The maximum absolute atomic E-state index is 12.2. The Morgan fingerprint density at radius 1 is 1.17 bits per heavy atom. The Hall–Kier alpha value is -2.45. The van der Waals surface area contributed by atoms with Crippen LogP contribution in [0.25, 0.3) is 0 Å². The van der Waals surface area contributed by atoms with Gasteiger partial charge in [0.15, 0.2) is 24.7 Å². The lowest BCUT2D eigenvalue weighted by atomic mass is 10.1. The number of nitrogens with one attached hydrogen (secondary N) is 1. The normalized spacial score (nSPS) is 15.5. The molecule has 2 rings (SSSR count). The van der Waals surface area contributed by atoms with Crippen molar-refractivity contribution < 1.29 is 37.3 Å². The van der Waals surface area contributed by atoms with Crippen molar-refractivity contribution in [3.05, 3.63) is 24.3 Å². The molecule has 0 saturated heterocycles. The lowest BCUT2D eigenvalue weighted by molar-refractivity contribution is -0.153. The highest BCUT2D eigenvalue weighted by Crippen LogP contribution is 2.45. The summed E-state index contributed by atoms with van der Waals surface area (Å²) in [5, 5.41) is 11.4. The van der Waals surface area contributed by atoms with Gasteiger partial charge in [0.05, 0.1) is 5.41 Å². The number of carboxylic acids is 1. The van der Waals surface area contributed by atoms with Gasteiger partial charge in [0.1, 0.15) is 0 Å². The first-order valence-corrected chi connectivity index (χ1v) is 7.13. The Labute approximate surface area is 135 Å². The molecule has 0 aromatic heterocycles. The number of carbonyl (C=O) groups is 2. The van der Waals surface area contributed by atoms with Gasteiger partial charge in [0, 0.05) is 6.54 Å². The van der Waals surface area contributed by atoms with Gasteiger partial charge in [0.2, 0.25) is 0 Å². The van der Waals surface area contributed by atoms with E-state index in [9.17, 15) is 22.8 Å². The molecule has 0 bridgehead atoms. The van der Waals surface area contributed by atoms with Crippen LogP contribution in [0.15, 0.2) is 24.3 Å². The number of para-hydroxylation sites is 2. The molecule has 1 fully saturated rings. The van der Waals surface area contributed by atoms with Gasteiger partial charge in [-0.1, -0.05) is 12.1 Å². The standard InChI is InChI=1S/C15H16F3NO5/c16-15(17,18)9-24-11-4-2-1-3-10(11)23-7-12(20)19-8-14(5-6-14)13(21)22/h1-4H,5-9H2,(H,19,20)(H,21,22). The number of hydrogen-bond acceptors (Lipinski definition) is 4. The van der Waals surface area contributed by atoms with Gasteiger partial charge in [-0.15, -0.1) is 0 Å². The van der Waals surface area contributed by atoms with Gasteiger partial charge < -0.3 is 19.9 Å². The van der Waals surface area contributed by atoms with E-state index < -0.39 is 36.7 Å². The van der Waals surface area contributed by atoms with Crippen LogP contribution in [0.5, 0.6) is 11.5 Å². The third-order valence-corrected chi connectivity index (χ3v) is 3.53. The Morgan fingerprint density at radius 2 is 1.75 bits per heavy atom. The van der Waals surface area contributed by atoms with Crippen molar-refractivity contribution in [3.8, 4) is 11.5 Å². The lowest BCUT2D eigenvalue weighted by Gasteiger charge is -2.14. The topological polar surface area (TPSA) is 84.9 Å². The molecule has 1 aliphatic rings.